The van der Waals surface area contributed by atoms with Crippen molar-refractivity contribution in [2.24, 2.45) is 0 Å². The van der Waals surface area contributed by atoms with Crippen molar-refractivity contribution in [1.82, 2.24) is 10.2 Å². The van der Waals surface area contributed by atoms with E-state index >= 15 is 0 Å². The molecule has 2 rings (SSSR count). The van der Waals surface area contributed by atoms with E-state index in [4.69, 9.17) is 11.6 Å². The predicted octanol–water partition coefficient (Wildman–Crippen LogP) is 3.35. The molecule has 0 radical (unpaired) electrons. The van der Waals surface area contributed by atoms with Crippen molar-refractivity contribution >= 4 is 23.4 Å². The summed E-state index contributed by atoms with van der Waals surface area (Å²) in [4.78, 5) is 26.6. The molecule has 2 aromatic rings. The average Bonchev–Trinajstić information content (AvgIpc) is 2.61. The third-order valence-corrected chi connectivity index (χ3v) is 4.53. The first-order chi connectivity index (χ1) is 11.9. The molecule has 5 heteroatoms. The number of likely N-dealkylation sites (N-methyl/N-ethyl adjacent to an activating group) is 1. The second-order valence-electron chi connectivity index (χ2n) is 6.04. The summed E-state index contributed by atoms with van der Waals surface area (Å²) in [6.45, 7) is 4.08. The first-order valence-corrected chi connectivity index (χ1v) is 8.60. The summed E-state index contributed by atoms with van der Waals surface area (Å²) in [5, 5.41) is 3.26. The number of amides is 2. The monoisotopic (exact) mass is 358 g/mol. The number of aryl methyl sites for hydroxylation is 1. The summed E-state index contributed by atoms with van der Waals surface area (Å²) in [5.41, 5.74) is 2.96. The third-order valence-electron chi connectivity index (χ3n) is 4.28. The number of nitrogens with one attached hydrogen (secondary N) is 1. The fourth-order valence-corrected chi connectivity index (χ4v) is 2.78. The van der Waals surface area contributed by atoms with Crippen LogP contribution in [-0.4, -0.2) is 29.8 Å². The topological polar surface area (TPSA) is 49.4 Å². The Hall–Kier alpha value is -2.33. The molecule has 0 spiro atoms. The lowest BCUT2D eigenvalue weighted by atomic mass is 10.0. The van der Waals surface area contributed by atoms with Crippen LogP contribution in [0, 0.1) is 6.92 Å². The molecule has 4 nitrogen and oxygen atoms in total. The number of benzene rings is 2. The molecule has 132 valence electrons. The van der Waals surface area contributed by atoms with Crippen molar-refractivity contribution in [2.45, 2.75) is 32.9 Å². The normalized spacial score (nSPS) is 11.7. The summed E-state index contributed by atoms with van der Waals surface area (Å²) in [6.07, 6.45) is 0.265. The van der Waals surface area contributed by atoms with Crippen molar-refractivity contribution in [3.63, 3.8) is 0 Å². The Morgan fingerprint density at radius 3 is 2.36 bits per heavy atom. The molecule has 0 saturated carbocycles. The van der Waals surface area contributed by atoms with Crippen LogP contribution in [0.4, 0.5) is 0 Å². The van der Waals surface area contributed by atoms with E-state index < -0.39 is 6.04 Å². The molecule has 0 aliphatic heterocycles. The number of halogens is 1. The number of rotatable bonds is 6. The van der Waals surface area contributed by atoms with Gasteiger partial charge in [0.1, 0.15) is 6.04 Å². The molecule has 0 unspecified atom stereocenters. The number of hydrogen-bond acceptors (Lipinski definition) is 2. The van der Waals surface area contributed by atoms with E-state index in [0.717, 1.165) is 16.7 Å². The highest BCUT2D eigenvalue weighted by Crippen LogP contribution is 2.16. The van der Waals surface area contributed by atoms with E-state index in [9.17, 15) is 9.59 Å². The van der Waals surface area contributed by atoms with Gasteiger partial charge in [-0.3, -0.25) is 9.59 Å². The van der Waals surface area contributed by atoms with Gasteiger partial charge in [0.2, 0.25) is 11.8 Å². The van der Waals surface area contributed by atoms with Crippen LogP contribution >= 0.6 is 11.6 Å². The van der Waals surface area contributed by atoms with Crippen LogP contribution < -0.4 is 5.32 Å². The van der Waals surface area contributed by atoms with Gasteiger partial charge in [-0.25, -0.2) is 0 Å². The fraction of sp³-hybridized carbons (Fsp3) is 0.300. The van der Waals surface area contributed by atoms with E-state index in [2.05, 4.69) is 5.32 Å². The molecule has 0 aliphatic rings. The van der Waals surface area contributed by atoms with Gasteiger partial charge >= 0.3 is 0 Å². The Morgan fingerprint density at radius 1 is 1.12 bits per heavy atom. The molecule has 0 heterocycles. The van der Waals surface area contributed by atoms with Gasteiger partial charge in [0.05, 0.1) is 6.42 Å². The molecule has 0 saturated heterocycles. The van der Waals surface area contributed by atoms with E-state index in [-0.39, 0.29) is 18.2 Å². The number of carbonyl (C=O) groups is 2. The fourth-order valence-electron chi connectivity index (χ4n) is 2.65. The molecule has 1 N–H and O–H groups in total. The highest BCUT2D eigenvalue weighted by molar-refractivity contribution is 6.30. The maximum Gasteiger partial charge on any atom is 0.242 e. The second-order valence-corrected chi connectivity index (χ2v) is 6.48. The molecular weight excluding hydrogens is 336 g/mol. The first kappa shape index (κ1) is 19.0. The minimum absolute atomic E-state index is 0.0830. The van der Waals surface area contributed by atoms with Crippen LogP contribution in [0.25, 0.3) is 0 Å². The van der Waals surface area contributed by atoms with Crippen LogP contribution in [0.3, 0.4) is 0 Å². The first-order valence-electron chi connectivity index (χ1n) is 8.22. The lowest BCUT2D eigenvalue weighted by Crippen LogP contribution is -2.47. The summed E-state index contributed by atoms with van der Waals surface area (Å²) in [6, 6.07) is 14.5. The zero-order valence-corrected chi connectivity index (χ0v) is 15.5. The molecule has 2 amide bonds. The number of nitrogens with zero attached hydrogens (tertiary/aromatic N) is 1. The minimum Gasteiger partial charge on any atom is -0.357 e. The van der Waals surface area contributed by atoms with E-state index in [1.165, 1.54) is 0 Å². The van der Waals surface area contributed by atoms with Crippen LogP contribution in [0.1, 0.15) is 23.6 Å². The smallest absolute Gasteiger partial charge is 0.242 e. The van der Waals surface area contributed by atoms with Gasteiger partial charge in [-0.2, -0.15) is 0 Å². The Bertz CT molecular complexity index is 744. The summed E-state index contributed by atoms with van der Waals surface area (Å²) < 4.78 is 0. The van der Waals surface area contributed by atoms with E-state index in [1.807, 2.05) is 43.3 Å². The van der Waals surface area contributed by atoms with Gasteiger partial charge in [0.15, 0.2) is 0 Å². The summed E-state index contributed by atoms with van der Waals surface area (Å²) >= 11 is 5.93. The van der Waals surface area contributed by atoms with Gasteiger partial charge in [-0.05, 0) is 42.7 Å². The Kier molecular flexibility index (Phi) is 6.59. The second kappa shape index (κ2) is 8.67. The van der Waals surface area contributed by atoms with Crippen molar-refractivity contribution in [1.29, 1.82) is 0 Å². The zero-order valence-electron chi connectivity index (χ0n) is 14.8. The van der Waals surface area contributed by atoms with Gasteiger partial charge in [0.25, 0.3) is 0 Å². The highest BCUT2D eigenvalue weighted by atomic mass is 35.5. The predicted molar refractivity (Wildman–Crippen MR) is 100 cm³/mol. The zero-order chi connectivity index (χ0) is 18.4. The van der Waals surface area contributed by atoms with Crippen molar-refractivity contribution in [3.8, 4) is 0 Å². The van der Waals surface area contributed by atoms with Crippen LogP contribution in [0.15, 0.2) is 48.5 Å². The number of carbonyl (C=O) groups excluding carboxylic acids is 2. The van der Waals surface area contributed by atoms with Crippen LogP contribution in [0.5, 0.6) is 0 Å². The largest absolute Gasteiger partial charge is 0.357 e. The van der Waals surface area contributed by atoms with Crippen LogP contribution in [-0.2, 0) is 22.6 Å². The van der Waals surface area contributed by atoms with Gasteiger partial charge in [-0.1, -0.05) is 48.0 Å². The molecule has 0 bridgehead atoms. The molecule has 0 aliphatic carbocycles. The third kappa shape index (κ3) is 5.07. The quantitative estimate of drug-likeness (QED) is 0.860. The van der Waals surface area contributed by atoms with E-state index in [1.54, 1.807) is 31.0 Å². The SMILES string of the molecule is CNC(=O)[C@@H](C)N(Cc1ccc(Cl)cc1)C(=O)Cc1ccccc1C. The van der Waals surface area contributed by atoms with Crippen molar-refractivity contribution in [2.75, 3.05) is 7.05 Å². The average molecular weight is 359 g/mol. The van der Waals surface area contributed by atoms with E-state index in [0.29, 0.717) is 11.6 Å². The number of hydrogen-bond donors (Lipinski definition) is 1. The summed E-state index contributed by atoms with van der Waals surface area (Å²) in [7, 11) is 1.57. The van der Waals surface area contributed by atoms with Crippen LogP contribution in [0.2, 0.25) is 5.02 Å². The Labute approximate surface area is 153 Å². The highest BCUT2D eigenvalue weighted by Gasteiger charge is 2.25. The molecule has 2 aromatic carbocycles. The molecule has 0 aromatic heterocycles. The maximum absolute atomic E-state index is 12.9. The lowest BCUT2D eigenvalue weighted by molar-refractivity contribution is -0.139. The summed E-state index contributed by atoms with van der Waals surface area (Å²) in [5.74, 6) is -0.271. The maximum atomic E-state index is 12.9. The molecular formula is C20H23ClN2O2. The molecule has 1 atom stereocenters. The standard InChI is InChI=1S/C20H23ClN2O2/c1-14-6-4-5-7-17(14)12-19(24)23(15(2)20(25)22-3)13-16-8-10-18(21)11-9-16/h4-11,15H,12-13H2,1-3H3,(H,22,25)/t15-/m1/s1. The minimum atomic E-state index is -0.558. The lowest BCUT2D eigenvalue weighted by Gasteiger charge is -2.28. The van der Waals surface area contributed by atoms with Gasteiger partial charge in [-0.15, -0.1) is 0 Å². The molecule has 0 fully saturated rings. The van der Waals surface area contributed by atoms with Crippen molar-refractivity contribution < 1.29 is 9.59 Å². The van der Waals surface area contributed by atoms with Gasteiger partial charge < -0.3 is 10.2 Å². The van der Waals surface area contributed by atoms with Crippen molar-refractivity contribution in [3.05, 3.63) is 70.2 Å². The molecule has 25 heavy (non-hydrogen) atoms. The Morgan fingerprint density at radius 2 is 1.76 bits per heavy atom. The van der Waals surface area contributed by atoms with Gasteiger partial charge in [0, 0.05) is 18.6 Å². The Balaban J connectivity index is 2.23.